The molecule has 0 radical (unpaired) electrons. The van der Waals surface area contributed by atoms with Crippen molar-refractivity contribution in [2.45, 2.75) is 6.04 Å². The fourth-order valence-electron chi connectivity index (χ4n) is 1.11. The van der Waals surface area contributed by atoms with Gasteiger partial charge in [-0.05, 0) is 19.2 Å². The van der Waals surface area contributed by atoms with E-state index in [4.69, 9.17) is 10.00 Å². The minimum atomic E-state index is -0.527. The third-order valence-electron chi connectivity index (χ3n) is 2.03. The molecule has 17 heavy (non-hydrogen) atoms. The standard InChI is InChI=1S/C10H10BrN3O3/c1-13-8(5-12)6-17-10-3-2-7(11)4-9(10)14(15)16/h2-4,8,13H,6H2,1H3. The van der Waals surface area contributed by atoms with E-state index in [0.29, 0.717) is 4.47 Å². The van der Waals surface area contributed by atoms with Gasteiger partial charge in [-0.25, -0.2) is 0 Å². The maximum atomic E-state index is 10.8. The number of nitriles is 1. The number of nitrogens with zero attached hydrogens (tertiary/aromatic N) is 2. The Hall–Kier alpha value is -1.65. The number of rotatable bonds is 5. The number of benzene rings is 1. The van der Waals surface area contributed by atoms with Crippen molar-refractivity contribution in [2.24, 2.45) is 0 Å². The highest BCUT2D eigenvalue weighted by atomic mass is 79.9. The van der Waals surface area contributed by atoms with Crippen molar-refractivity contribution in [3.63, 3.8) is 0 Å². The Balaban J connectivity index is 2.84. The van der Waals surface area contributed by atoms with Crippen LogP contribution in [0.2, 0.25) is 0 Å². The zero-order chi connectivity index (χ0) is 12.8. The van der Waals surface area contributed by atoms with E-state index in [2.05, 4.69) is 21.2 Å². The summed E-state index contributed by atoms with van der Waals surface area (Å²) in [5.41, 5.74) is -0.132. The molecule has 1 aromatic carbocycles. The van der Waals surface area contributed by atoms with E-state index < -0.39 is 11.0 Å². The molecule has 0 saturated heterocycles. The number of hydrogen-bond donors (Lipinski definition) is 1. The molecule has 0 aromatic heterocycles. The van der Waals surface area contributed by atoms with Crippen LogP contribution >= 0.6 is 15.9 Å². The van der Waals surface area contributed by atoms with Crippen LogP contribution in [0.15, 0.2) is 22.7 Å². The van der Waals surface area contributed by atoms with Crippen LogP contribution in [-0.4, -0.2) is 24.6 Å². The lowest BCUT2D eigenvalue weighted by atomic mass is 10.3. The zero-order valence-electron chi connectivity index (χ0n) is 9.01. The molecule has 0 aliphatic rings. The summed E-state index contributed by atoms with van der Waals surface area (Å²) in [5.74, 6) is 0.147. The number of nitrogens with one attached hydrogen (secondary N) is 1. The fraction of sp³-hybridized carbons (Fsp3) is 0.300. The molecule has 1 atom stereocenters. The van der Waals surface area contributed by atoms with Gasteiger partial charge < -0.3 is 10.1 Å². The average molecular weight is 300 g/mol. The zero-order valence-corrected chi connectivity index (χ0v) is 10.6. The first kappa shape index (κ1) is 13.4. The van der Waals surface area contributed by atoms with Gasteiger partial charge in [-0.15, -0.1) is 0 Å². The number of likely N-dealkylation sites (N-methyl/N-ethyl adjacent to an activating group) is 1. The lowest BCUT2D eigenvalue weighted by Crippen LogP contribution is -2.30. The van der Waals surface area contributed by atoms with E-state index in [0.717, 1.165) is 0 Å². The van der Waals surface area contributed by atoms with Gasteiger partial charge in [-0.3, -0.25) is 10.1 Å². The van der Waals surface area contributed by atoms with Crippen LogP contribution in [-0.2, 0) is 0 Å². The van der Waals surface area contributed by atoms with Crippen LogP contribution in [0.5, 0.6) is 5.75 Å². The second kappa shape index (κ2) is 6.18. The maximum absolute atomic E-state index is 10.8. The predicted octanol–water partition coefficient (Wildman–Crippen LogP) is 1.85. The lowest BCUT2D eigenvalue weighted by molar-refractivity contribution is -0.385. The smallest absolute Gasteiger partial charge is 0.312 e. The van der Waals surface area contributed by atoms with Gasteiger partial charge in [0.05, 0.1) is 11.0 Å². The van der Waals surface area contributed by atoms with Crippen molar-refractivity contribution in [3.8, 4) is 11.8 Å². The lowest BCUT2D eigenvalue weighted by Gasteiger charge is -2.10. The largest absolute Gasteiger partial charge is 0.484 e. The van der Waals surface area contributed by atoms with Crippen molar-refractivity contribution in [1.82, 2.24) is 5.32 Å². The van der Waals surface area contributed by atoms with Gasteiger partial charge in [0.2, 0.25) is 0 Å². The highest BCUT2D eigenvalue weighted by Gasteiger charge is 2.16. The summed E-state index contributed by atoms with van der Waals surface area (Å²) in [6.45, 7) is 0.0511. The van der Waals surface area contributed by atoms with Gasteiger partial charge in [-0.2, -0.15) is 5.26 Å². The third-order valence-corrected chi connectivity index (χ3v) is 2.52. The van der Waals surface area contributed by atoms with E-state index >= 15 is 0 Å². The Kier molecular flexibility index (Phi) is 4.87. The Morgan fingerprint density at radius 3 is 2.94 bits per heavy atom. The SMILES string of the molecule is CNC(C#N)COc1ccc(Br)cc1[N+](=O)[O-]. The predicted molar refractivity (Wildman–Crippen MR) is 64.8 cm³/mol. The van der Waals surface area contributed by atoms with Gasteiger partial charge in [0.15, 0.2) is 5.75 Å². The number of halogens is 1. The van der Waals surface area contributed by atoms with Gasteiger partial charge in [-0.1, -0.05) is 15.9 Å². The molecular weight excluding hydrogens is 290 g/mol. The molecule has 1 unspecified atom stereocenters. The molecule has 0 heterocycles. The number of nitro benzene ring substituents is 1. The van der Waals surface area contributed by atoms with Crippen LogP contribution < -0.4 is 10.1 Å². The Labute approximate surface area is 106 Å². The highest BCUT2D eigenvalue weighted by Crippen LogP contribution is 2.30. The molecule has 0 amide bonds. The summed E-state index contributed by atoms with van der Waals surface area (Å²) in [4.78, 5) is 10.3. The van der Waals surface area contributed by atoms with E-state index in [1.165, 1.54) is 12.1 Å². The molecule has 6 nitrogen and oxygen atoms in total. The summed E-state index contributed by atoms with van der Waals surface area (Å²) >= 11 is 3.15. The van der Waals surface area contributed by atoms with Crippen LogP contribution in [0.3, 0.4) is 0 Å². The average Bonchev–Trinajstić information content (AvgIpc) is 2.31. The topological polar surface area (TPSA) is 88.2 Å². The summed E-state index contributed by atoms with van der Waals surface area (Å²) in [6.07, 6.45) is 0. The van der Waals surface area contributed by atoms with Crippen LogP contribution in [0, 0.1) is 21.4 Å². The molecule has 0 fully saturated rings. The van der Waals surface area contributed by atoms with Crippen molar-refractivity contribution < 1.29 is 9.66 Å². The number of nitro groups is 1. The van der Waals surface area contributed by atoms with E-state index in [1.54, 1.807) is 13.1 Å². The van der Waals surface area contributed by atoms with Crippen molar-refractivity contribution >= 4 is 21.6 Å². The summed E-state index contributed by atoms with van der Waals surface area (Å²) in [5, 5.41) is 22.2. The van der Waals surface area contributed by atoms with Crippen molar-refractivity contribution in [1.29, 1.82) is 5.26 Å². The minimum Gasteiger partial charge on any atom is -0.484 e. The number of hydrogen-bond acceptors (Lipinski definition) is 5. The van der Waals surface area contributed by atoms with Gasteiger partial charge in [0.25, 0.3) is 0 Å². The minimum absolute atomic E-state index is 0.0511. The first-order valence-corrected chi connectivity index (χ1v) is 5.51. The Morgan fingerprint density at radius 2 is 2.41 bits per heavy atom. The van der Waals surface area contributed by atoms with Crippen LogP contribution in [0.4, 0.5) is 5.69 Å². The number of ether oxygens (including phenoxy) is 1. The highest BCUT2D eigenvalue weighted by molar-refractivity contribution is 9.10. The van der Waals surface area contributed by atoms with E-state index in [9.17, 15) is 10.1 Å². The normalized spacial score (nSPS) is 11.6. The molecule has 90 valence electrons. The summed E-state index contributed by atoms with van der Waals surface area (Å²) in [7, 11) is 1.62. The van der Waals surface area contributed by atoms with Gasteiger partial charge >= 0.3 is 5.69 Å². The Morgan fingerprint density at radius 1 is 1.71 bits per heavy atom. The van der Waals surface area contributed by atoms with Gasteiger partial charge in [0.1, 0.15) is 12.6 Å². The first-order valence-electron chi connectivity index (χ1n) is 4.72. The molecule has 0 aliphatic heterocycles. The molecule has 1 aromatic rings. The molecule has 1 rings (SSSR count). The third kappa shape index (κ3) is 3.69. The molecule has 0 bridgehead atoms. The quantitative estimate of drug-likeness (QED) is 0.662. The molecule has 7 heteroatoms. The molecular formula is C10H10BrN3O3. The molecule has 0 spiro atoms. The van der Waals surface area contributed by atoms with Crippen LogP contribution in [0.25, 0.3) is 0 Å². The monoisotopic (exact) mass is 299 g/mol. The van der Waals surface area contributed by atoms with E-state index in [-0.39, 0.29) is 18.0 Å². The van der Waals surface area contributed by atoms with Crippen molar-refractivity contribution in [2.75, 3.05) is 13.7 Å². The molecule has 0 saturated carbocycles. The first-order chi connectivity index (χ1) is 8.08. The summed E-state index contributed by atoms with van der Waals surface area (Å²) < 4.78 is 5.85. The summed E-state index contributed by atoms with van der Waals surface area (Å²) in [6, 6.07) is 5.96. The fourth-order valence-corrected chi connectivity index (χ4v) is 1.46. The second-order valence-electron chi connectivity index (χ2n) is 3.15. The van der Waals surface area contributed by atoms with Gasteiger partial charge in [0, 0.05) is 10.5 Å². The maximum Gasteiger partial charge on any atom is 0.312 e. The van der Waals surface area contributed by atoms with Crippen LogP contribution in [0.1, 0.15) is 0 Å². The molecule has 0 aliphatic carbocycles. The Bertz CT molecular complexity index is 459. The molecule has 1 N–H and O–H groups in total. The second-order valence-corrected chi connectivity index (χ2v) is 4.07. The van der Waals surface area contributed by atoms with Crippen molar-refractivity contribution in [3.05, 3.63) is 32.8 Å². The van der Waals surface area contributed by atoms with E-state index in [1.807, 2.05) is 6.07 Å².